The molecule has 1 heterocycles. The normalized spacial score (nSPS) is 10.0. The summed E-state index contributed by atoms with van der Waals surface area (Å²) in [5, 5.41) is 4.85. The van der Waals surface area contributed by atoms with Crippen LogP contribution >= 0.6 is 0 Å². The van der Waals surface area contributed by atoms with Crippen LogP contribution in [0.15, 0.2) is 48.7 Å². The molecule has 6 nitrogen and oxygen atoms in total. The second kappa shape index (κ2) is 7.88. The van der Waals surface area contributed by atoms with Gasteiger partial charge in [-0.1, -0.05) is 30.3 Å². The third-order valence-electron chi connectivity index (χ3n) is 3.06. The highest BCUT2D eigenvalue weighted by atomic mass is 19.1. The minimum atomic E-state index is -0.578. The number of halogens is 1. The lowest BCUT2D eigenvalue weighted by molar-refractivity contribution is -0.129. The molecule has 23 heavy (non-hydrogen) atoms. The highest BCUT2D eigenvalue weighted by Gasteiger charge is 2.11. The first-order chi connectivity index (χ1) is 11.0. The molecule has 2 aromatic rings. The molecule has 0 aliphatic heterocycles. The number of likely N-dealkylation sites (N-methyl/N-ethyl adjacent to an activating group) is 1. The molecule has 3 amide bonds. The fourth-order valence-electron chi connectivity index (χ4n) is 1.85. The van der Waals surface area contributed by atoms with Crippen LogP contribution in [0.1, 0.15) is 5.56 Å². The summed E-state index contributed by atoms with van der Waals surface area (Å²) in [5.74, 6) is -0.515. The van der Waals surface area contributed by atoms with Crippen LogP contribution in [0.4, 0.5) is 15.0 Å². The summed E-state index contributed by atoms with van der Waals surface area (Å²) >= 11 is 0. The Morgan fingerprint density at radius 1 is 1.17 bits per heavy atom. The van der Waals surface area contributed by atoms with Crippen LogP contribution in [0, 0.1) is 5.82 Å². The van der Waals surface area contributed by atoms with Gasteiger partial charge in [-0.25, -0.2) is 14.2 Å². The molecule has 2 N–H and O–H groups in total. The van der Waals surface area contributed by atoms with Crippen molar-refractivity contribution in [2.75, 3.05) is 18.9 Å². The molecule has 0 aliphatic carbocycles. The maximum absolute atomic E-state index is 12.7. The van der Waals surface area contributed by atoms with Gasteiger partial charge in [-0.05, 0) is 17.7 Å². The molecule has 0 saturated carbocycles. The van der Waals surface area contributed by atoms with E-state index >= 15 is 0 Å². The van der Waals surface area contributed by atoms with Crippen molar-refractivity contribution in [2.24, 2.45) is 0 Å². The van der Waals surface area contributed by atoms with Crippen LogP contribution in [-0.4, -0.2) is 35.4 Å². The summed E-state index contributed by atoms with van der Waals surface area (Å²) in [7, 11) is 1.66. The van der Waals surface area contributed by atoms with Gasteiger partial charge in [0.05, 0.1) is 12.7 Å². The highest BCUT2D eigenvalue weighted by molar-refractivity contribution is 5.91. The molecule has 0 aliphatic rings. The van der Waals surface area contributed by atoms with E-state index in [1.807, 2.05) is 30.3 Å². The number of amides is 3. The van der Waals surface area contributed by atoms with E-state index < -0.39 is 11.8 Å². The molecule has 0 saturated heterocycles. The Morgan fingerprint density at radius 2 is 1.91 bits per heavy atom. The zero-order valence-electron chi connectivity index (χ0n) is 12.6. The van der Waals surface area contributed by atoms with Gasteiger partial charge in [0.2, 0.25) is 5.91 Å². The number of urea groups is 1. The van der Waals surface area contributed by atoms with Crippen LogP contribution in [0.25, 0.3) is 0 Å². The van der Waals surface area contributed by atoms with Crippen LogP contribution in [-0.2, 0) is 11.3 Å². The van der Waals surface area contributed by atoms with Crippen LogP contribution in [0.5, 0.6) is 0 Å². The number of aromatic nitrogens is 1. The molecule has 120 valence electrons. The molecule has 1 aromatic carbocycles. The van der Waals surface area contributed by atoms with Crippen molar-refractivity contribution in [1.29, 1.82) is 0 Å². The number of rotatable bonds is 5. The lowest BCUT2D eigenvalue weighted by atomic mass is 10.2. The van der Waals surface area contributed by atoms with Gasteiger partial charge in [0.25, 0.3) is 0 Å². The Balaban J connectivity index is 1.76. The Morgan fingerprint density at radius 3 is 2.57 bits per heavy atom. The van der Waals surface area contributed by atoms with Crippen molar-refractivity contribution in [1.82, 2.24) is 15.2 Å². The summed E-state index contributed by atoms with van der Waals surface area (Å²) < 4.78 is 12.7. The molecule has 0 fully saturated rings. The number of nitrogens with one attached hydrogen (secondary N) is 2. The average Bonchev–Trinajstić information content (AvgIpc) is 2.55. The highest BCUT2D eigenvalue weighted by Crippen LogP contribution is 2.04. The number of pyridine rings is 1. The number of hydrogen-bond acceptors (Lipinski definition) is 3. The lowest BCUT2D eigenvalue weighted by Crippen LogP contribution is -2.39. The molecule has 0 bridgehead atoms. The van der Waals surface area contributed by atoms with E-state index in [0.29, 0.717) is 6.54 Å². The minimum Gasteiger partial charge on any atom is -0.340 e. The molecule has 2 rings (SSSR count). The van der Waals surface area contributed by atoms with Gasteiger partial charge in [-0.15, -0.1) is 0 Å². The Labute approximate surface area is 133 Å². The van der Waals surface area contributed by atoms with E-state index in [1.165, 1.54) is 17.0 Å². The van der Waals surface area contributed by atoms with Gasteiger partial charge in [-0.2, -0.15) is 0 Å². The number of carbonyl (C=O) groups is 2. The fraction of sp³-hybridized carbons (Fsp3) is 0.188. The maximum atomic E-state index is 12.7. The van der Waals surface area contributed by atoms with Gasteiger partial charge in [0.1, 0.15) is 11.6 Å². The SMILES string of the molecule is CN(Cc1ccccc1)C(=O)CNC(=O)Nc1ccc(F)cn1. The first-order valence-corrected chi connectivity index (χ1v) is 6.99. The van der Waals surface area contributed by atoms with E-state index in [0.717, 1.165) is 11.8 Å². The number of benzene rings is 1. The predicted octanol–water partition coefficient (Wildman–Crippen LogP) is 2.00. The quantitative estimate of drug-likeness (QED) is 0.886. The van der Waals surface area contributed by atoms with Crippen LogP contribution in [0.3, 0.4) is 0 Å². The first-order valence-electron chi connectivity index (χ1n) is 6.99. The van der Waals surface area contributed by atoms with Crippen molar-refractivity contribution in [3.8, 4) is 0 Å². The average molecular weight is 316 g/mol. The fourth-order valence-corrected chi connectivity index (χ4v) is 1.85. The topological polar surface area (TPSA) is 74.3 Å². The van der Waals surface area contributed by atoms with E-state index in [2.05, 4.69) is 15.6 Å². The molecular weight excluding hydrogens is 299 g/mol. The largest absolute Gasteiger partial charge is 0.340 e. The van der Waals surface area contributed by atoms with Gasteiger partial charge >= 0.3 is 6.03 Å². The summed E-state index contributed by atoms with van der Waals surface area (Å²) in [6.45, 7) is 0.318. The zero-order chi connectivity index (χ0) is 16.7. The smallest absolute Gasteiger partial charge is 0.320 e. The molecule has 0 radical (unpaired) electrons. The Bertz CT molecular complexity index is 662. The molecular formula is C16H17FN4O2. The minimum absolute atomic E-state index is 0.142. The number of anilines is 1. The van der Waals surface area contributed by atoms with Gasteiger partial charge in [-0.3, -0.25) is 10.1 Å². The number of hydrogen-bond donors (Lipinski definition) is 2. The third-order valence-corrected chi connectivity index (χ3v) is 3.06. The third kappa shape index (κ3) is 5.39. The second-order valence-corrected chi connectivity index (χ2v) is 4.90. The summed E-state index contributed by atoms with van der Waals surface area (Å²) in [4.78, 5) is 28.8. The Hall–Kier alpha value is -2.96. The van der Waals surface area contributed by atoms with E-state index in [4.69, 9.17) is 0 Å². The molecule has 7 heteroatoms. The van der Waals surface area contributed by atoms with Gasteiger partial charge in [0.15, 0.2) is 0 Å². The maximum Gasteiger partial charge on any atom is 0.320 e. The summed E-state index contributed by atoms with van der Waals surface area (Å²) in [5.41, 5.74) is 1.00. The Kier molecular flexibility index (Phi) is 5.62. The monoisotopic (exact) mass is 316 g/mol. The van der Waals surface area contributed by atoms with Crippen molar-refractivity contribution >= 4 is 17.8 Å². The predicted molar refractivity (Wildman–Crippen MR) is 84.1 cm³/mol. The van der Waals surface area contributed by atoms with E-state index in [-0.39, 0.29) is 18.3 Å². The first kappa shape index (κ1) is 16.4. The molecule has 0 unspecified atom stereocenters. The van der Waals surface area contributed by atoms with Crippen molar-refractivity contribution in [2.45, 2.75) is 6.54 Å². The van der Waals surface area contributed by atoms with E-state index in [9.17, 15) is 14.0 Å². The number of nitrogens with zero attached hydrogens (tertiary/aromatic N) is 2. The molecule has 0 atom stereocenters. The van der Waals surface area contributed by atoms with Crippen molar-refractivity contribution in [3.63, 3.8) is 0 Å². The molecule has 0 spiro atoms. The second-order valence-electron chi connectivity index (χ2n) is 4.90. The van der Waals surface area contributed by atoms with Crippen LogP contribution in [0.2, 0.25) is 0 Å². The van der Waals surface area contributed by atoms with Gasteiger partial charge in [0, 0.05) is 13.6 Å². The summed E-state index contributed by atoms with van der Waals surface area (Å²) in [6, 6.07) is 11.5. The molecule has 1 aromatic heterocycles. The van der Waals surface area contributed by atoms with E-state index in [1.54, 1.807) is 7.05 Å². The summed E-state index contributed by atoms with van der Waals surface area (Å²) in [6.07, 6.45) is 0.994. The van der Waals surface area contributed by atoms with Crippen molar-refractivity contribution in [3.05, 3.63) is 60.0 Å². The zero-order valence-corrected chi connectivity index (χ0v) is 12.6. The van der Waals surface area contributed by atoms with Crippen LogP contribution < -0.4 is 10.6 Å². The standard InChI is InChI=1S/C16H17FN4O2/c1-21(11-12-5-3-2-4-6-12)15(22)10-19-16(23)20-14-8-7-13(17)9-18-14/h2-9H,10-11H2,1H3,(H2,18,19,20,23). The number of carbonyl (C=O) groups excluding carboxylic acids is 2. The van der Waals surface area contributed by atoms with Crippen molar-refractivity contribution < 1.29 is 14.0 Å². The van der Waals surface area contributed by atoms with Gasteiger partial charge < -0.3 is 10.2 Å². The lowest BCUT2D eigenvalue weighted by Gasteiger charge is -2.17.